The van der Waals surface area contributed by atoms with Crippen molar-refractivity contribution in [1.29, 1.82) is 0 Å². The number of rotatable bonds is 2. The molecule has 1 unspecified atom stereocenters. The molecule has 2 rings (SSSR count). The van der Waals surface area contributed by atoms with E-state index in [1.165, 1.54) is 0 Å². The van der Waals surface area contributed by atoms with Crippen molar-refractivity contribution in [2.45, 2.75) is 26.7 Å². The van der Waals surface area contributed by atoms with Gasteiger partial charge in [-0.15, -0.1) is 0 Å². The zero-order valence-corrected chi connectivity index (χ0v) is 13.1. The molecule has 2 fully saturated rings. The second-order valence-corrected chi connectivity index (χ2v) is 6.95. The Morgan fingerprint density at radius 3 is 2.35 bits per heavy atom. The second-order valence-electron chi connectivity index (χ2n) is 6.95. The van der Waals surface area contributed by atoms with Gasteiger partial charge in [-0.05, 0) is 38.4 Å². The molecule has 2 heterocycles. The number of piperidine rings is 1. The summed E-state index contributed by atoms with van der Waals surface area (Å²) in [5.41, 5.74) is -0.138. The minimum atomic E-state index is -0.138. The van der Waals surface area contributed by atoms with Gasteiger partial charge in [0.15, 0.2) is 0 Å². The predicted octanol–water partition coefficient (Wildman–Crippen LogP) is 0.559. The molecule has 0 aliphatic carbocycles. The number of amides is 2. The zero-order chi connectivity index (χ0) is 14.9. The highest BCUT2D eigenvalue weighted by Crippen LogP contribution is 2.36. The summed E-state index contributed by atoms with van der Waals surface area (Å²) in [5.74, 6) is 0.347. The van der Waals surface area contributed by atoms with E-state index in [2.05, 4.69) is 31.1 Å². The lowest BCUT2D eigenvalue weighted by Crippen LogP contribution is -2.41. The largest absolute Gasteiger partial charge is 0.359 e. The molecule has 114 valence electrons. The molecular formula is C15H27N3O2. The van der Waals surface area contributed by atoms with Gasteiger partial charge in [0.2, 0.25) is 11.8 Å². The summed E-state index contributed by atoms with van der Waals surface area (Å²) < 4.78 is 0. The normalized spacial score (nSPS) is 27.6. The Bertz CT molecular complexity index is 387. The van der Waals surface area contributed by atoms with Crippen LogP contribution >= 0.6 is 0 Å². The van der Waals surface area contributed by atoms with E-state index in [0.29, 0.717) is 13.1 Å². The molecule has 2 aliphatic rings. The summed E-state index contributed by atoms with van der Waals surface area (Å²) in [6, 6.07) is 0. The highest BCUT2D eigenvalue weighted by atomic mass is 16.2. The highest BCUT2D eigenvalue weighted by Gasteiger charge is 2.45. The maximum atomic E-state index is 12.6. The van der Waals surface area contributed by atoms with Crippen LogP contribution < -0.4 is 5.32 Å². The molecule has 5 heteroatoms. The number of nitrogens with one attached hydrogen (secondary N) is 1. The van der Waals surface area contributed by atoms with Gasteiger partial charge < -0.3 is 15.1 Å². The Labute approximate surface area is 121 Å². The first-order chi connectivity index (χ1) is 9.35. The van der Waals surface area contributed by atoms with Gasteiger partial charge in [-0.1, -0.05) is 13.8 Å². The van der Waals surface area contributed by atoms with Gasteiger partial charge in [0, 0.05) is 26.1 Å². The maximum absolute atomic E-state index is 12.6. The molecule has 0 aromatic heterocycles. The fourth-order valence-corrected chi connectivity index (χ4v) is 3.43. The summed E-state index contributed by atoms with van der Waals surface area (Å²) in [4.78, 5) is 28.8. The summed E-state index contributed by atoms with van der Waals surface area (Å²) in [6.45, 7) is 7.40. The van der Waals surface area contributed by atoms with Crippen molar-refractivity contribution >= 4 is 11.8 Å². The quantitative estimate of drug-likeness (QED) is 0.804. The molecule has 0 spiro atoms. The molecule has 2 aliphatic heterocycles. The Morgan fingerprint density at radius 1 is 1.20 bits per heavy atom. The van der Waals surface area contributed by atoms with Gasteiger partial charge in [-0.2, -0.15) is 0 Å². The fourth-order valence-electron chi connectivity index (χ4n) is 3.43. The van der Waals surface area contributed by atoms with E-state index < -0.39 is 0 Å². The third-order valence-electron chi connectivity index (χ3n) is 4.89. The molecule has 2 amide bonds. The van der Waals surface area contributed by atoms with Crippen LogP contribution in [0.1, 0.15) is 26.7 Å². The van der Waals surface area contributed by atoms with Crippen molar-refractivity contribution in [3.63, 3.8) is 0 Å². The minimum absolute atomic E-state index is 0.0497. The van der Waals surface area contributed by atoms with E-state index in [-0.39, 0.29) is 29.1 Å². The monoisotopic (exact) mass is 281 g/mol. The Kier molecular flexibility index (Phi) is 4.37. The molecule has 0 aromatic carbocycles. The van der Waals surface area contributed by atoms with Crippen LogP contribution in [0.4, 0.5) is 0 Å². The van der Waals surface area contributed by atoms with Crippen molar-refractivity contribution in [2.75, 3.05) is 40.3 Å². The molecule has 0 bridgehead atoms. The topological polar surface area (TPSA) is 52.7 Å². The van der Waals surface area contributed by atoms with Gasteiger partial charge in [0.25, 0.3) is 0 Å². The first-order valence-electron chi connectivity index (χ1n) is 7.54. The van der Waals surface area contributed by atoms with Gasteiger partial charge in [0.1, 0.15) is 0 Å². The van der Waals surface area contributed by atoms with Crippen molar-refractivity contribution < 1.29 is 9.59 Å². The van der Waals surface area contributed by atoms with E-state index in [1.54, 1.807) is 7.05 Å². The first kappa shape index (κ1) is 15.3. The lowest BCUT2D eigenvalue weighted by molar-refractivity contribution is -0.136. The average Bonchev–Trinajstić information content (AvgIpc) is 2.74. The molecule has 20 heavy (non-hydrogen) atoms. The highest BCUT2D eigenvalue weighted by molar-refractivity contribution is 5.83. The van der Waals surface area contributed by atoms with Crippen molar-refractivity contribution in [3.05, 3.63) is 0 Å². The van der Waals surface area contributed by atoms with E-state index in [4.69, 9.17) is 0 Å². The molecule has 5 nitrogen and oxygen atoms in total. The van der Waals surface area contributed by atoms with Crippen LogP contribution in [0.3, 0.4) is 0 Å². The van der Waals surface area contributed by atoms with Crippen LogP contribution in [0.15, 0.2) is 0 Å². The standard InChI is InChI=1S/C15H27N3O2/c1-15(2)10-18(9-12(15)13(19)16-3)14(20)11-5-7-17(4)8-6-11/h11-12H,5-10H2,1-4H3,(H,16,19). The molecule has 1 atom stereocenters. The Balaban J connectivity index is 2.00. The molecular weight excluding hydrogens is 254 g/mol. The number of hydrogen-bond donors (Lipinski definition) is 1. The fraction of sp³-hybridized carbons (Fsp3) is 0.867. The summed E-state index contributed by atoms with van der Waals surface area (Å²) in [6.07, 6.45) is 1.88. The minimum Gasteiger partial charge on any atom is -0.359 e. The molecule has 0 radical (unpaired) electrons. The smallest absolute Gasteiger partial charge is 0.225 e. The van der Waals surface area contributed by atoms with Gasteiger partial charge in [-0.25, -0.2) is 0 Å². The number of nitrogens with zero attached hydrogens (tertiary/aromatic N) is 2. The average molecular weight is 281 g/mol. The summed E-state index contributed by atoms with van der Waals surface area (Å²) in [7, 11) is 3.77. The van der Waals surface area contributed by atoms with Crippen molar-refractivity contribution in [3.8, 4) is 0 Å². The van der Waals surface area contributed by atoms with Crippen LogP contribution in [0.5, 0.6) is 0 Å². The van der Waals surface area contributed by atoms with Crippen molar-refractivity contribution in [1.82, 2.24) is 15.1 Å². The van der Waals surface area contributed by atoms with Crippen LogP contribution in [-0.2, 0) is 9.59 Å². The first-order valence-corrected chi connectivity index (χ1v) is 7.54. The number of hydrogen-bond acceptors (Lipinski definition) is 3. The number of carbonyl (C=O) groups is 2. The molecule has 0 aromatic rings. The zero-order valence-electron chi connectivity index (χ0n) is 13.1. The lowest BCUT2D eigenvalue weighted by atomic mass is 9.81. The van der Waals surface area contributed by atoms with E-state index >= 15 is 0 Å². The van der Waals surface area contributed by atoms with Crippen LogP contribution in [0.2, 0.25) is 0 Å². The van der Waals surface area contributed by atoms with E-state index in [1.807, 2.05) is 4.90 Å². The van der Waals surface area contributed by atoms with Gasteiger partial charge in [0.05, 0.1) is 5.92 Å². The third kappa shape index (κ3) is 2.97. The van der Waals surface area contributed by atoms with Crippen LogP contribution in [0.25, 0.3) is 0 Å². The van der Waals surface area contributed by atoms with Crippen LogP contribution in [0, 0.1) is 17.3 Å². The molecule has 1 N–H and O–H groups in total. The van der Waals surface area contributed by atoms with E-state index in [0.717, 1.165) is 25.9 Å². The number of carbonyl (C=O) groups excluding carboxylic acids is 2. The SMILES string of the molecule is CNC(=O)C1CN(C(=O)C2CCN(C)CC2)CC1(C)C. The Hall–Kier alpha value is -1.10. The number of likely N-dealkylation sites (tertiary alicyclic amines) is 2. The van der Waals surface area contributed by atoms with Crippen molar-refractivity contribution in [2.24, 2.45) is 17.3 Å². The summed E-state index contributed by atoms with van der Waals surface area (Å²) in [5, 5.41) is 2.72. The van der Waals surface area contributed by atoms with Crippen LogP contribution in [-0.4, -0.2) is 61.9 Å². The second kappa shape index (κ2) is 5.72. The summed E-state index contributed by atoms with van der Waals surface area (Å²) >= 11 is 0. The Morgan fingerprint density at radius 2 is 1.80 bits per heavy atom. The lowest BCUT2D eigenvalue weighted by Gasteiger charge is -2.31. The van der Waals surface area contributed by atoms with Gasteiger partial charge in [-0.3, -0.25) is 9.59 Å². The van der Waals surface area contributed by atoms with Gasteiger partial charge >= 0.3 is 0 Å². The van der Waals surface area contributed by atoms with E-state index in [9.17, 15) is 9.59 Å². The maximum Gasteiger partial charge on any atom is 0.225 e. The molecule has 2 saturated heterocycles. The predicted molar refractivity (Wildman–Crippen MR) is 78.1 cm³/mol. The third-order valence-corrected chi connectivity index (χ3v) is 4.89. The molecule has 0 saturated carbocycles.